The molecule has 2 aromatic rings. The van der Waals surface area contributed by atoms with E-state index in [4.69, 9.17) is 5.26 Å². The van der Waals surface area contributed by atoms with Crippen LogP contribution in [-0.4, -0.2) is 5.78 Å². The lowest BCUT2D eigenvalue weighted by molar-refractivity contribution is 0.103. The Morgan fingerprint density at radius 1 is 1.12 bits per heavy atom. The van der Waals surface area contributed by atoms with Crippen LogP contribution in [0.1, 0.15) is 21.5 Å². The molecule has 0 atom stereocenters. The molecule has 0 saturated carbocycles. The van der Waals surface area contributed by atoms with Crippen LogP contribution in [0.2, 0.25) is 0 Å². The average molecular weight is 333 g/mol. The van der Waals surface area contributed by atoms with Crippen LogP contribution in [0.5, 0.6) is 0 Å². The van der Waals surface area contributed by atoms with Gasteiger partial charge in [0.2, 0.25) is 0 Å². The molecular weight excluding hydrogens is 325 g/mol. The minimum Gasteiger partial charge on any atom is -0.289 e. The highest BCUT2D eigenvalue weighted by atomic mass is 127. The average Bonchev–Trinajstić information content (AvgIpc) is 2.39. The number of carbonyl (C=O) groups is 1. The van der Waals surface area contributed by atoms with E-state index in [2.05, 4.69) is 22.6 Å². The largest absolute Gasteiger partial charge is 0.289 e. The molecule has 0 saturated heterocycles. The second-order valence-corrected chi connectivity index (χ2v) is 4.66. The number of rotatable bonds is 2. The van der Waals surface area contributed by atoms with E-state index in [9.17, 15) is 4.79 Å². The highest BCUT2D eigenvalue weighted by molar-refractivity contribution is 14.1. The van der Waals surface area contributed by atoms with Gasteiger partial charge in [-0.05, 0) is 40.8 Å². The van der Waals surface area contributed by atoms with Gasteiger partial charge in [0.05, 0.1) is 11.6 Å². The third-order valence-corrected chi connectivity index (χ3v) is 3.32. The maximum absolute atomic E-state index is 12.2. The molecule has 0 amide bonds. The van der Waals surface area contributed by atoms with Crippen molar-refractivity contribution in [3.63, 3.8) is 0 Å². The minimum atomic E-state index is -0.0490. The summed E-state index contributed by atoms with van der Waals surface area (Å²) in [5.74, 6) is -0.0490. The third-order valence-electron chi connectivity index (χ3n) is 2.38. The van der Waals surface area contributed by atoms with Gasteiger partial charge in [0.15, 0.2) is 5.78 Å². The predicted molar refractivity (Wildman–Crippen MR) is 73.7 cm³/mol. The second kappa shape index (κ2) is 5.11. The van der Waals surface area contributed by atoms with Crippen molar-refractivity contribution >= 4 is 28.4 Å². The van der Waals surface area contributed by atoms with Crippen LogP contribution >= 0.6 is 22.6 Å². The Morgan fingerprint density at radius 3 is 2.47 bits per heavy atom. The molecule has 0 aliphatic heterocycles. The smallest absolute Gasteiger partial charge is 0.194 e. The summed E-state index contributed by atoms with van der Waals surface area (Å²) in [6, 6.07) is 16.3. The van der Waals surface area contributed by atoms with E-state index >= 15 is 0 Å². The molecule has 0 unspecified atom stereocenters. The van der Waals surface area contributed by atoms with Gasteiger partial charge in [-0.15, -0.1) is 0 Å². The van der Waals surface area contributed by atoms with E-state index in [1.165, 1.54) is 0 Å². The fourth-order valence-electron chi connectivity index (χ4n) is 1.51. The van der Waals surface area contributed by atoms with E-state index in [0.29, 0.717) is 16.7 Å². The highest BCUT2D eigenvalue weighted by Gasteiger charge is 2.12. The second-order valence-electron chi connectivity index (χ2n) is 3.50. The third kappa shape index (κ3) is 2.53. The first-order valence-corrected chi connectivity index (χ1v) is 6.09. The lowest BCUT2D eigenvalue weighted by atomic mass is 10.0. The number of benzene rings is 2. The molecule has 0 aliphatic carbocycles. The molecule has 0 bridgehead atoms. The van der Waals surface area contributed by atoms with Gasteiger partial charge >= 0.3 is 0 Å². The lowest BCUT2D eigenvalue weighted by Crippen LogP contribution is -2.03. The van der Waals surface area contributed by atoms with Crippen LogP contribution < -0.4 is 0 Å². The fourth-order valence-corrected chi connectivity index (χ4v) is 2.09. The molecule has 0 aromatic heterocycles. The van der Waals surface area contributed by atoms with Crippen LogP contribution in [0.15, 0.2) is 48.5 Å². The van der Waals surface area contributed by atoms with Gasteiger partial charge in [-0.1, -0.05) is 30.3 Å². The van der Waals surface area contributed by atoms with Crippen molar-refractivity contribution in [1.82, 2.24) is 0 Å². The van der Waals surface area contributed by atoms with Crippen LogP contribution in [0.4, 0.5) is 0 Å². The molecule has 0 N–H and O–H groups in total. The van der Waals surface area contributed by atoms with Crippen LogP contribution in [0, 0.1) is 14.9 Å². The monoisotopic (exact) mass is 333 g/mol. The van der Waals surface area contributed by atoms with Crippen molar-refractivity contribution in [2.24, 2.45) is 0 Å². The van der Waals surface area contributed by atoms with E-state index < -0.39 is 0 Å². The van der Waals surface area contributed by atoms with Gasteiger partial charge in [0.1, 0.15) is 0 Å². The number of carbonyl (C=O) groups excluding carboxylic acids is 1. The van der Waals surface area contributed by atoms with Gasteiger partial charge < -0.3 is 0 Å². The Balaban J connectivity index is 2.48. The molecular formula is C14H8INO. The standard InChI is InChI=1S/C14H8INO/c15-13-7-6-10(9-16)8-12(13)14(17)11-4-2-1-3-5-11/h1-8H. The van der Waals surface area contributed by atoms with Crippen molar-refractivity contribution in [3.8, 4) is 6.07 Å². The number of hydrogen-bond acceptors (Lipinski definition) is 2. The Morgan fingerprint density at radius 2 is 1.82 bits per heavy atom. The summed E-state index contributed by atoms with van der Waals surface area (Å²) in [6.45, 7) is 0. The van der Waals surface area contributed by atoms with Gasteiger partial charge in [-0.3, -0.25) is 4.79 Å². The van der Waals surface area contributed by atoms with Gasteiger partial charge in [0.25, 0.3) is 0 Å². The number of hydrogen-bond donors (Lipinski definition) is 0. The predicted octanol–water partition coefficient (Wildman–Crippen LogP) is 3.39. The molecule has 17 heavy (non-hydrogen) atoms. The molecule has 3 heteroatoms. The number of ketones is 1. The van der Waals surface area contributed by atoms with Crippen molar-refractivity contribution < 1.29 is 4.79 Å². The molecule has 2 rings (SSSR count). The quantitative estimate of drug-likeness (QED) is 0.624. The summed E-state index contributed by atoms with van der Waals surface area (Å²) in [5.41, 5.74) is 1.72. The molecule has 0 heterocycles. The van der Waals surface area contributed by atoms with Crippen LogP contribution in [0.25, 0.3) is 0 Å². The summed E-state index contributed by atoms with van der Waals surface area (Å²) in [4.78, 5) is 12.2. The number of nitriles is 1. The van der Waals surface area contributed by atoms with Crippen LogP contribution in [0.3, 0.4) is 0 Å². The molecule has 2 aromatic carbocycles. The SMILES string of the molecule is N#Cc1ccc(I)c(C(=O)c2ccccc2)c1. The zero-order valence-electron chi connectivity index (χ0n) is 8.85. The summed E-state index contributed by atoms with van der Waals surface area (Å²) in [6.07, 6.45) is 0. The number of nitrogens with zero attached hydrogens (tertiary/aromatic N) is 1. The van der Waals surface area contributed by atoms with Gasteiger partial charge in [-0.25, -0.2) is 0 Å². The van der Waals surface area contributed by atoms with E-state index in [-0.39, 0.29) is 5.78 Å². The Bertz CT molecular complexity index is 599. The number of halogens is 1. The van der Waals surface area contributed by atoms with E-state index in [1.54, 1.807) is 30.3 Å². The van der Waals surface area contributed by atoms with Gasteiger partial charge in [0, 0.05) is 14.7 Å². The van der Waals surface area contributed by atoms with Crippen LogP contribution in [-0.2, 0) is 0 Å². The summed E-state index contributed by atoms with van der Waals surface area (Å²) >= 11 is 2.11. The van der Waals surface area contributed by atoms with Crippen molar-refractivity contribution in [3.05, 3.63) is 68.8 Å². The maximum atomic E-state index is 12.2. The molecule has 0 fully saturated rings. The molecule has 0 spiro atoms. The van der Waals surface area contributed by atoms with Crippen molar-refractivity contribution in [1.29, 1.82) is 5.26 Å². The van der Waals surface area contributed by atoms with E-state index in [1.807, 2.05) is 24.3 Å². The molecule has 82 valence electrons. The Labute approximate surface area is 113 Å². The molecule has 0 aliphatic rings. The Kier molecular flexibility index (Phi) is 3.55. The van der Waals surface area contributed by atoms with Crippen molar-refractivity contribution in [2.45, 2.75) is 0 Å². The zero-order valence-corrected chi connectivity index (χ0v) is 11.0. The summed E-state index contributed by atoms with van der Waals surface area (Å²) < 4.78 is 0.857. The first kappa shape index (κ1) is 11.8. The zero-order chi connectivity index (χ0) is 12.3. The lowest BCUT2D eigenvalue weighted by Gasteiger charge is -2.04. The minimum absolute atomic E-state index is 0.0490. The maximum Gasteiger partial charge on any atom is 0.194 e. The summed E-state index contributed by atoms with van der Waals surface area (Å²) in [7, 11) is 0. The first-order valence-electron chi connectivity index (χ1n) is 5.02. The fraction of sp³-hybridized carbons (Fsp3) is 0. The Hall–Kier alpha value is -1.67. The molecule has 0 radical (unpaired) electrons. The van der Waals surface area contributed by atoms with E-state index in [0.717, 1.165) is 3.57 Å². The van der Waals surface area contributed by atoms with Crippen molar-refractivity contribution in [2.75, 3.05) is 0 Å². The topological polar surface area (TPSA) is 40.9 Å². The molecule has 2 nitrogen and oxygen atoms in total. The first-order chi connectivity index (χ1) is 8.22. The van der Waals surface area contributed by atoms with Gasteiger partial charge in [-0.2, -0.15) is 5.26 Å². The highest BCUT2D eigenvalue weighted by Crippen LogP contribution is 2.18. The summed E-state index contributed by atoms with van der Waals surface area (Å²) in [5, 5.41) is 8.84. The normalized spacial score (nSPS) is 9.65.